The van der Waals surface area contributed by atoms with Gasteiger partial charge in [-0.2, -0.15) is 5.10 Å². The zero-order valence-corrected chi connectivity index (χ0v) is 11.1. The van der Waals surface area contributed by atoms with Crippen molar-refractivity contribution in [3.8, 4) is 0 Å². The van der Waals surface area contributed by atoms with Gasteiger partial charge in [-0.05, 0) is 6.07 Å². The Hall–Kier alpha value is -2.44. The zero-order chi connectivity index (χ0) is 14.9. The number of benzene rings is 1. The van der Waals surface area contributed by atoms with Gasteiger partial charge in [-0.3, -0.25) is 9.48 Å². The number of aromatic nitrogens is 2. The zero-order valence-electron chi connectivity index (χ0n) is 11.1. The molecule has 2 rings (SSSR count). The summed E-state index contributed by atoms with van der Waals surface area (Å²) in [6.07, 6.45) is 1.37. The fourth-order valence-electron chi connectivity index (χ4n) is 1.87. The lowest BCUT2D eigenvalue weighted by Gasteiger charge is -2.18. The summed E-state index contributed by atoms with van der Waals surface area (Å²) in [7, 11) is 3.10. The van der Waals surface area contributed by atoms with E-state index >= 15 is 0 Å². The van der Waals surface area contributed by atoms with Crippen molar-refractivity contribution in [2.45, 2.75) is 6.54 Å². The summed E-state index contributed by atoms with van der Waals surface area (Å²) in [5.41, 5.74) is 6.38. The number of hydrogen-bond acceptors (Lipinski definition) is 3. The van der Waals surface area contributed by atoms with Gasteiger partial charge in [-0.15, -0.1) is 0 Å². The number of carbonyl (C=O) groups excluding carboxylic acids is 1. The average Bonchev–Trinajstić information content (AvgIpc) is 2.71. The van der Waals surface area contributed by atoms with Crippen molar-refractivity contribution in [3.63, 3.8) is 0 Å². The summed E-state index contributed by atoms with van der Waals surface area (Å²) in [6, 6.07) is 3.24. The van der Waals surface area contributed by atoms with Gasteiger partial charge >= 0.3 is 0 Å². The van der Waals surface area contributed by atoms with Crippen LogP contribution in [0.15, 0.2) is 24.4 Å². The van der Waals surface area contributed by atoms with Gasteiger partial charge in [0.1, 0.15) is 17.3 Å². The minimum atomic E-state index is -0.692. The molecule has 0 aliphatic heterocycles. The Labute approximate surface area is 114 Å². The molecule has 0 radical (unpaired) electrons. The first kappa shape index (κ1) is 14.0. The molecule has 2 aromatic rings. The summed E-state index contributed by atoms with van der Waals surface area (Å²) in [5, 5.41) is 3.88. The maximum atomic E-state index is 13.6. The topological polar surface area (TPSA) is 64.2 Å². The van der Waals surface area contributed by atoms with E-state index in [9.17, 15) is 13.6 Å². The molecule has 1 amide bonds. The van der Waals surface area contributed by atoms with Gasteiger partial charge < -0.3 is 10.6 Å². The smallest absolute Gasteiger partial charge is 0.274 e. The summed E-state index contributed by atoms with van der Waals surface area (Å²) in [4.78, 5) is 13.5. The summed E-state index contributed by atoms with van der Waals surface area (Å²) in [5.74, 6) is -1.73. The first-order valence-electron chi connectivity index (χ1n) is 5.87. The number of halogens is 2. The lowest BCUT2D eigenvalue weighted by Crippen LogP contribution is -2.29. The van der Waals surface area contributed by atoms with Crippen LogP contribution in [0.2, 0.25) is 0 Å². The van der Waals surface area contributed by atoms with Crippen LogP contribution in [-0.2, 0) is 13.6 Å². The SMILES string of the molecule is CN(Cc1ccc(F)cc1F)C(=O)c1c(N)cnn1C. The molecule has 106 valence electrons. The van der Waals surface area contributed by atoms with Crippen LogP contribution in [0.25, 0.3) is 0 Å². The van der Waals surface area contributed by atoms with Crippen molar-refractivity contribution in [2.75, 3.05) is 12.8 Å². The number of hydrogen-bond donors (Lipinski definition) is 1. The van der Waals surface area contributed by atoms with Crippen molar-refractivity contribution in [1.29, 1.82) is 0 Å². The second-order valence-corrected chi connectivity index (χ2v) is 4.47. The van der Waals surface area contributed by atoms with Crippen molar-refractivity contribution < 1.29 is 13.6 Å². The second kappa shape index (κ2) is 5.28. The Morgan fingerprint density at radius 2 is 2.15 bits per heavy atom. The Kier molecular flexibility index (Phi) is 3.69. The van der Waals surface area contributed by atoms with Crippen LogP contribution in [0, 0.1) is 11.6 Å². The van der Waals surface area contributed by atoms with E-state index in [1.165, 1.54) is 28.9 Å². The number of nitrogen functional groups attached to an aromatic ring is 1. The van der Waals surface area contributed by atoms with Gasteiger partial charge in [-0.25, -0.2) is 8.78 Å². The molecule has 20 heavy (non-hydrogen) atoms. The van der Waals surface area contributed by atoms with Gasteiger partial charge in [-0.1, -0.05) is 6.07 Å². The Bertz CT molecular complexity index is 634. The van der Waals surface area contributed by atoms with Crippen LogP contribution in [0.3, 0.4) is 0 Å². The third kappa shape index (κ3) is 2.61. The number of nitrogens with two attached hydrogens (primary N) is 1. The van der Waals surface area contributed by atoms with Gasteiger partial charge in [0.15, 0.2) is 0 Å². The third-order valence-electron chi connectivity index (χ3n) is 2.94. The Morgan fingerprint density at radius 3 is 2.70 bits per heavy atom. The van der Waals surface area contributed by atoms with Crippen LogP contribution in [0.1, 0.15) is 16.1 Å². The van der Waals surface area contributed by atoms with Crippen molar-refractivity contribution >= 4 is 11.6 Å². The molecular formula is C13H14F2N4O. The van der Waals surface area contributed by atoms with E-state index in [2.05, 4.69) is 5.10 Å². The summed E-state index contributed by atoms with van der Waals surface area (Å²) in [6.45, 7) is 0.00949. The molecule has 1 heterocycles. The Morgan fingerprint density at radius 1 is 1.45 bits per heavy atom. The minimum absolute atomic E-state index is 0.00949. The molecule has 5 nitrogen and oxygen atoms in total. The molecular weight excluding hydrogens is 266 g/mol. The number of carbonyl (C=O) groups is 1. The quantitative estimate of drug-likeness (QED) is 0.927. The van der Waals surface area contributed by atoms with E-state index in [4.69, 9.17) is 5.73 Å². The van der Waals surface area contributed by atoms with Crippen LogP contribution in [-0.4, -0.2) is 27.6 Å². The highest BCUT2D eigenvalue weighted by atomic mass is 19.1. The summed E-state index contributed by atoms with van der Waals surface area (Å²) < 4.78 is 27.7. The van der Waals surface area contributed by atoms with E-state index in [1.807, 2.05) is 0 Å². The monoisotopic (exact) mass is 280 g/mol. The van der Waals surface area contributed by atoms with Gasteiger partial charge in [0, 0.05) is 32.3 Å². The Balaban J connectivity index is 2.20. The van der Waals surface area contributed by atoms with Crippen molar-refractivity contribution in [2.24, 2.45) is 7.05 Å². The van der Waals surface area contributed by atoms with Crippen molar-refractivity contribution in [1.82, 2.24) is 14.7 Å². The molecule has 0 aliphatic rings. The van der Waals surface area contributed by atoms with Crippen molar-refractivity contribution in [3.05, 3.63) is 47.3 Å². The molecule has 1 aromatic carbocycles. The number of anilines is 1. The molecule has 2 N–H and O–H groups in total. The van der Waals surface area contributed by atoms with Gasteiger partial charge in [0.25, 0.3) is 5.91 Å². The molecule has 0 spiro atoms. The lowest BCUT2D eigenvalue weighted by molar-refractivity contribution is 0.0774. The first-order valence-corrected chi connectivity index (χ1v) is 5.87. The van der Waals surface area contributed by atoms with E-state index in [0.717, 1.165) is 12.1 Å². The van der Waals surface area contributed by atoms with Gasteiger partial charge in [0.05, 0.1) is 11.9 Å². The minimum Gasteiger partial charge on any atom is -0.396 e. The molecule has 0 aliphatic carbocycles. The molecule has 0 atom stereocenters. The third-order valence-corrected chi connectivity index (χ3v) is 2.94. The molecule has 0 saturated heterocycles. The largest absolute Gasteiger partial charge is 0.396 e. The molecule has 0 fully saturated rings. The molecule has 7 heteroatoms. The predicted octanol–water partition coefficient (Wildman–Crippen LogP) is 1.55. The first-order chi connectivity index (χ1) is 9.40. The van der Waals surface area contributed by atoms with E-state index < -0.39 is 11.6 Å². The highest BCUT2D eigenvalue weighted by Gasteiger charge is 2.20. The van der Waals surface area contributed by atoms with Crippen LogP contribution in [0.5, 0.6) is 0 Å². The van der Waals surface area contributed by atoms with Crippen LogP contribution < -0.4 is 5.73 Å². The maximum Gasteiger partial charge on any atom is 0.274 e. The van der Waals surface area contributed by atoms with Crippen LogP contribution >= 0.6 is 0 Å². The highest BCUT2D eigenvalue weighted by Crippen LogP contribution is 2.16. The molecule has 1 aromatic heterocycles. The number of amides is 1. The number of aryl methyl sites for hydroxylation is 1. The number of nitrogens with zero attached hydrogens (tertiary/aromatic N) is 3. The maximum absolute atomic E-state index is 13.6. The fraction of sp³-hybridized carbons (Fsp3) is 0.231. The van der Waals surface area contributed by atoms with Gasteiger partial charge in [0.2, 0.25) is 0 Å². The summed E-state index contributed by atoms with van der Waals surface area (Å²) >= 11 is 0. The lowest BCUT2D eigenvalue weighted by atomic mass is 10.2. The predicted molar refractivity (Wildman–Crippen MR) is 69.8 cm³/mol. The van der Waals surface area contributed by atoms with E-state index in [0.29, 0.717) is 0 Å². The number of rotatable bonds is 3. The van der Waals surface area contributed by atoms with E-state index in [-0.39, 0.29) is 29.4 Å². The fourth-order valence-corrected chi connectivity index (χ4v) is 1.87. The van der Waals surface area contributed by atoms with E-state index in [1.54, 1.807) is 7.05 Å². The second-order valence-electron chi connectivity index (χ2n) is 4.47. The molecule has 0 unspecified atom stereocenters. The molecule has 0 bridgehead atoms. The van der Waals surface area contributed by atoms with Crippen LogP contribution in [0.4, 0.5) is 14.5 Å². The average molecular weight is 280 g/mol. The molecule has 0 saturated carbocycles. The standard InChI is InChI=1S/C13H14F2N4O/c1-18(7-8-3-4-9(14)5-10(8)15)13(20)12-11(16)6-17-19(12)2/h3-6H,7,16H2,1-2H3. The normalized spacial score (nSPS) is 10.6. The highest BCUT2D eigenvalue weighted by molar-refractivity contribution is 5.97.